The van der Waals surface area contributed by atoms with Gasteiger partial charge in [-0.25, -0.2) is 0 Å². The average molecular weight is 312 g/mol. The lowest BCUT2D eigenvalue weighted by Gasteiger charge is -2.30. The molecule has 0 aromatic heterocycles. The van der Waals surface area contributed by atoms with E-state index in [0.29, 0.717) is 12.0 Å². The van der Waals surface area contributed by atoms with Crippen molar-refractivity contribution in [2.24, 2.45) is 5.92 Å². The van der Waals surface area contributed by atoms with E-state index in [9.17, 15) is 5.11 Å². The van der Waals surface area contributed by atoms with Crippen LogP contribution in [-0.4, -0.2) is 17.7 Å². The number of anilines is 1. The fourth-order valence-electron chi connectivity index (χ4n) is 2.34. The first kappa shape index (κ1) is 13.9. The molecular formula is C15H22BrNO. The average Bonchev–Trinajstić information content (AvgIpc) is 3.08. The summed E-state index contributed by atoms with van der Waals surface area (Å²) < 4.78 is 1.08. The Bertz CT molecular complexity index is 413. The lowest BCUT2D eigenvalue weighted by Crippen LogP contribution is -2.31. The molecule has 1 fully saturated rings. The van der Waals surface area contributed by atoms with Gasteiger partial charge >= 0.3 is 0 Å². The lowest BCUT2D eigenvalue weighted by molar-refractivity contribution is 0.199. The molecule has 1 aromatic carbocycles. The highest BCUT2D eigenvalue weighted by Crippen LogP contribution is 2.37. The van der Waals surface area contributed by atoms with E-state index in [1.165, 1.54) is 18.5 Å². The normalized spacial score (nSPS) is 17.0. The molecule has 0 aliphatic heterocycles. The van der Waals surface area contributed by atoms with Crippen molar-refractivity contribution in [1.29, 1.82) is 0 Å². The second kappa shape index (κ2) is 5.62. The molecule has 0 heterocycles. The highest BCUT2D eigenvalue weighted by Gasteiger charge is 2.31. The van der Waals surface area contributed by atoms with Crippen LogP contribution in [-0.2, 0) is 0 Å². The highest BCUT2D eigenvalue weighted by molar-refractivity contribution is 9.10. The number of halogens is 1. The summed E-state index contributed by atoms with van der Waals surface area (Å²) in [6, 6.07) is 6.84. The minimum Gasteiger partial charge on any atom is -0.389 e. The van der Waals surface area contributed by atoms with Crippen molar-refractivity contribution in [3.8, 4) is 0 Å². The Morgan fingerprint density at radius 2 is 2.00 bits per heavy atom. The first-order valence-electron chi connectivity index (χ1n) is 6.73. The van der Waals surface area contributed by atoms with Crippen LogP contribution in [0.3, 0.4) is 0 Å². The first-order chi connectivity index (χ1) is 8.49. The molecule has 1 unspecified atom stereocenters. The van der Waals surface area contributed by atoms with Gasteiger partial charge in [-0.3, -0.25) is 0 Å². The zero-order valence-electron chi connectivity index (χ0n) is 11.4. The Labute approximate surface area is 118 Å². The van der Waals surface area contributed by atoms with Gasteiger partial charge in [-0.05, 0) is 37.8 Å². The van der Waals surface area contributed by atoms with Crippen molar-refractivity contribution >= 4 is 21.6 Å². The van der Waals surface area contributed by atoms with Crippen LogP contribution >= 0.6 is 15.9 Å². The smallest absolute Gasteiger partial charge is 0.0782 e. The van der Waals surface area contributed by atoms with Crippen LogP contribution in [0, 0.1) is 5.92 Å². The van der Waals surface area contributed by atoms with E-state index in [2.05, 4.69) is 40.7 Å². The molecule has 1 aliphatic rings. The molecule has 1 aromatic rings. The minimum absolute atomic E-state index is 0.415. The van der Waals surface area contributed by atoms with Crippen LogP contribution in [0.1, 0.15) is 45.3 Å². The molecule has 1 aliphatic carbocycles. The molecule has 0 radical (unpaired) electrons. The largest absolute Gasteiger partial charge is 0.389 e. The molecule has 1 N–H and O–H groups in total. The molecule has 100 valence electrons. The first-order valence-corrected chi connectivity index (χ1v) is 7.52. The number of nitrogens with zero attached hydrogens (tertiary/aromatic N) is 1. The van der Waals surface area contributed by atoms with Crippen LogP contribution in [0.25, 0.3) is 0 Å². The Kier molecular flexibility index (Phi) is 4.33. The van der Waals surface area contributed by atoms with Crippen LogP contribution in [0.5, 0.6) is 0 Å². The van der Waals surface area contributed by atoms with Crippen LogP contribution in [0.2, 0.25) is 0 Å². The summed E-state index contributed by atoms with van der Waals surface area (Å²) >= 11 is 3.54. The molecule has 1 atom stereocenters. The Morgan fingerprint density at radius 3 is 2.50 bits per heavy atom. The Balaban J connectivity index is 2.35. The van der Waals surface area contributed by atoms with Gasteiger partial charge in [0.2, 0.25) is 0 Å². The second-order valence-electron chi connectivity index (χ2n) is 5.66. The molecule has 2 rings (SSSR count). The number of benzene rings is 1. The van der Waals surface area contributed by atoms with E-state index >= 15 is 0 Å². The maximum atomic E-state index is 9.94. The molecule has 3 heteroatoms. The minimum atomic E-state index is -0.415. The second-order valence-corrected chi connectivity index (χ2v) is 6.57. The van der Waals surface area contributed by atoms with E-state index in [4.69, 9.17) is 0 Å². The topological polar surface area (TPSA) is 23.5 Å². The quantitative estimate of drug-likeness (QED) is 0.884. The van der Waals surface area contributed by atoms with Gasteiger partial charge in [-0.15, -0.1) is 0 Å². The highest BCUT2D eigenvalue weighted by atomic mass is 79.9. The summed E-state index contributed by atoms with van der Waals surface area (Å²) in [5, 5.41) is 9.94. The summed E-state index contributed by atoms with van der Waals surface area (Å²) in [4.78, 5) is 2.47. The fourth-order valence-corrected chi connectivity index (χ4v) is 2.69. The van der Waals surface area contributed by atoms with E-state index in [0.717, 1.165) is 16.6 Å². The molecule has 2 nitrogen and oxygen atoms in total. The summed E-state index contributed by atoms with van der Waals surface area (Å²) in [6.07, 6.45) is 2.14. The lowest BCUT2D eigenvalue weighted by atomic mass is 10.1. The van der Waals surface area contributed by atoms with Crippen LogP contribution in [0.4, 0.5) is 5.69 Å². The maximum Gasteiger partial charge on any atom is 0.0782 e. The standard InChI is InChI=1S/C15H22BrNO/c1-10(2)9-17(13-5-6-13)15-8-12(16)4-7-14(15)11(3)18/h4,7-8,10-11,13,18H,5-6,9H2,1-3H3. The van der Waals surface area contributed by atoms with Crippen molar-refractivity contribution in [2.45, 2.75) is 45.8 Å². The van der Waals surface area contributed by atoms with Crippen molar-refractivity contribution in [1.82, 2.24) is 0 Å². The van der Waals surface area contributed by atoms with Crippen molar-refractivity contribution in [2.75, 3.05) is 11.4 Å². The van der Waals surface area contributed by atoms with Crippen molar-refractivity contribution in [3.63, 3.8) is 0 Å². The molecule has 0 amide bonds. The van der Waals surface area contributed by atoms with Gasteiger partial charge in [0.15, 0.2) is 0 Å². The summed E-state index contributed by atoms with van der Waals surface area (Å²) in [5.41, 5.74) is 2.22. The Morgan fingerprint density at radius 1 is 1.33 bits per heavy atom. The zero-order chi connectivity index (χ0) is 13.3. The molecule has 1 saturated carbocycles. The van der Waals surface area contributed by atoms with Gasteiger partial charge in [0.1, 0.15) is 0 Å². The third-order valence-corrected chi connectivity index (χ3v) is 3.79. The SMILES string of the molecule is CC(C)CN(c1cc(Br)ccc1C(C)O)C1CC1. The molecule has 0 spiro atoms. The number of rotatable bonds is 5. The van der Waals surface area contributed by atoms with E-state index in [-0.39, 0.29) is 0 Å². The number of aliphatic hydroxyl groups excluding tert-OH is 1. The van der Waals surface area contributed by atoms with Gasteiger partial charge in [0, 0.05) is 28.3 Å². The molecule has 0 saturated heterocycles. The predicted octanol–water partition coefficient (Wildman–Crippen LogP) is 4.13. The maximum absolute atomic E-state index is 9.94. The third-order valence-electron chi connectivity index (χ3n) is 3.30. The summed E-state index contributed by atoms with van der Waals surface area (Å²) in [7, 11) is 0. The van der Waals surface area contributed by atoms with E-state index in [1.54, 1.807) is 0 Å². The zero-order valence-corrected chi connectivity index (χ0v) is 12.9. The molecule has 0 bridgehead atoms. The molecule has 18 heavy (non-hydrogen) atoms. The fraction of sp³-hybridized carbons (Fsp3) is 0.600. The van der Waals surface area contributed by atoms with Gasteiger partial charge in [0.25, 0.3) is 0 Å². The molecular weight excluding hydrogens is 290 g/mol. The van der Waals surface area contributed by atoms with Gasteiger partial charge in [0.05, 0.1) is 6.10 Å². The Hall–Kier alpha value is -0.540. The van der Waals surface area contributed by atoms with Gasteiger partial charge in [-0.1, -0.05) is 35.8 Å². The van der Waals surface area contributed by atoms with E-state index < -0.39 is 6.10 Å². The number of hydrogen-bond acceptors (Lipinski definition) is 2. The van der Waals surface area contributed by atoms with Crippen molar-refractivity contribution in [3.05, 3.63) is 28.2 Å². The van der Waals surface area contributed by atoms with Gasteiger partial charge in [-0.2, -0.15) is 0 Å². The summed E-state index contributed by atoms with van der Waals surface area (Å²) in [6.45, 7) is 7.39. The van der Waals surface area contributed by atoms with Crippen LogP contribution in [0.15, 0.2) is 22.7 Å². The van der Waals surface area contributed by atoms with E-state index in [1.807, 2.05) is 19.1 Å². The predicted molar refractivity (Wildman–Crippen MR) is 80.0 cm³/mol. The summed E-state index contributed by atoms with van der Waals surface area (Å²) in [5.74, 6) is 0.631. The van der Waals surface area contributed by atoms with Crippen LogP contribution < -0.4 is 4.90 Å². The third kappa shape index (κ3) is 3.27. The monoisotopic (exact) mass is 311 g/mol. The van der Waals surface area contributed by atoms with Crippen molar-refractivity contribution < 1.29 is 5.11 Å². The number of aliphatic hydroxyl groups is 1. The van der Waals surface area contributed by atoms with Gasteiger partial charge < -0.3 is 10.0 Å². The number of hydrogen-bond donors (Lipinski definition) is 1.